The van der Waals surface area contributed by atoms with Gasteiger partial charge >= 0.3 is 56.0 Å². The summed E-state index contributed by atoms with van der Waals surface area (Å²) in [6.45, 7) is 0. The first-order valence-electron chi connectivity index (χ1n) is 2.19. The zero-order valence-electron chi connectivity index (χ0n) is 8.24. The van der Waals surface area contributed by atoms with E-state index in [0.29, 0.717) is 0 Å². The molecule has 0 amide bonds. The van der Waals surface area contributed by atoms with Crippen LogP contribution in [0.1, 0.15) is 0 Å². The van der Waals surface area contributed by atoms with Crippen molar-refractivity contribution in [3.8, 4) is 0 Å². The zero-order valence-corrected chi connectivity index (χ0v) is 14.4. The summed E-state index contributed by atoms with van der Waals surface area (Å²) in [6.07, 6.45) is 0. The molecule has 0 unspecified atom stereocenters. The van der Waals surface area contributed by atoms with Crippen LogP contribution in [0.3, 0.4) is 0 Å². The van der Waals surface area contributed by atoms with E-state index in [-0.39, 0.29) is 56.0 Å². The topological polar surface area (TPSA) is 259 Å². The van der Waals surface area contributed by atoms with Crippen molar-refractivity contribution in [1.82, 2.24) is 0 Å². The standard InChI is InChI=1S/Li.3H3O4P.Si.Zr/c;3*1-5(2,3)4;;/h;3*(H3,1,2,3,4);;/q+1;;;;2*+4/p-9. The van der Waals surface area contributed by atoms with Crippen LogP contribution in [-0.2, 0) is 39.9 Å². The van der Waals surface area contributed by atoms with Gasteiger partial charge in [0.1, 0.15) is 0 Å². The van der Waals surface area contributed by atoms with E-state index in [1.807, 2.05) is 0 Å². The van der Waals surface area contributed by atoms with Gasteiger partial charge in [-0.05, 0) is 0 Å². The third-order valence-electron chi connectivity index (χ3n) is 0. The Hall–Kier alpha value is 2.03. The predicted molar refractivity (Wildman–Crippen MR) is 28.6 cm³/mol. The molecule has 0 radical (unpaired) electrons. The van der Waals surface area contributed by atoms with Crippen molar-refractivity contribution in [2.75, 3.05) is 0 Å². The van der Waals surface area contributed by atoms with Crippen molar-refractivity contribution in [1.29, 1.82) is 0 Å². The molecule has 0 spiro atoms. The van der Waals surface area contributed by atoms with Gasteiger partial charge < -0.3 is 57.7 Å². The molecule has 0 aliphatic carbocycles. The van der Waals surface area contributed by atoms with Gasteiger partial charge in [-0.2, -0.15) is 23.5 Å². The predicted octanol–water partition coefficient (Wildman–Crippen LogP) is -11.9. The SMILES string of the molecule is O=P([O-])([O-])[O-].O=P([O-])([O-])[O-].O=P([O-])([O-])[O-].[Li+].[Si+4].[Zr+4]. The van der Waals surface area contributed by atoms with Crippen molar-refractivity contribution < 1.29 is 103 Å². The summed E-state index contributed by atoms with van der Waals surface area (Å²) >= 11 is 0. The molecule has 0 atom stereocenters. The average molecular weight is 411 g/mol. The van der Waals surface area contributed by atoms with Gasteiger partial charge in [0.15, 0.2) is 0 Å². The minimum Gasteiger partial charge on any atom is -0.822 e. The Morgan fingerprint density at radius 3 is 0.500 bits per heavy atom. The average Bonchev–Trinajstić information content (AvgIpc) is 1.41. The summed E-state index contributed by atoms with van der Waals surface area (Å²) in [4.78, 5) is 76.9. The summed E-state index contributed by atoms with van der Waals surface area (Å²) in [7, 11) is -16.2. The monoisotopic (exact) mass is 410 g/mol. The van der Waals surface area contributed by atoms with Gasteiger partial charge in [0, 0.05) is 0 Å². The summed E-state index contributed by atoms with van der Waals surface area (Å²) in [5, 5.41) is 0. The molecule has 0 aromatic carbocycles. The van der Waals surface area contributed by atoms with E-state index in [4.69, 9.17) is 57.7 Å². The molecule has 12 nitrogen and oxygen atoms in total. The van der Waals surface area contributed by atoms with Crippen LogP contribution in [-0.4, -0.2) is 11.0 Å². The minimum absolute atomic E-state index is 0. The second-order valence-corrected chi connectivity index (χ2v) is 4.02. The maximum absolute atomic E-state index is 8.55. The Morgan fingerprint density at radius 2 is 0.500 bits per heavy atom. The fourth-order valence-corrected chi connectivity index (χ4v) is 0. The fourth-order valence-electron chi connectivity index (χ4n) is 0. The maximum atomic E-state index is 8.55. The quantitative estimate of drug-likeness (QED) is 0.266. The van der Waals surface area contributed by atoms with Gasteiger partial charge in [-0.25, -0.2) is 0 Å². The molecule has 0 rings (SSSR count). The van der Waals surface area contributed by atoms with E-state index >= 15 is 0 Å². The van der Waals surface area contributed by atoms with Crippen LogP contribution in [0.5, 0.6) is 0 Å². The van der Waals surface area contributed by atoms with E-state index in [1.54, 1.807) is 0 Å². The molecule has 0 bridgehead atoms. The van der Waals surface area contributed by atoms with E-state index < -0.39 is 23.5 Å². The number of hydrogen-bond donors (Lipinski definition) is 0. The molecule has 0 saturated heterocycles. The van der Waals surface area contributed by atoms with Gasteiger partial charge in [-0.1, -0.05) is 0 Å². The first-order chi connectivity index (χ1) is 6.00. The van der Waals surface area contributed by atoms with Crippen molar-refractivity contribution >= 4 is 34.4 Å². The molecular weight excluding hydrogens is 411 g/mol. The molecule has 0 fully saturated rings. The minimum atomic E-state index is -5.39. The van der Waals surface area contributed by atoms with E-state index in [9.17, 15) is 0 Å². The molecule has 0 saturated carbocycles. The van der Waals surface area contributed by atoms with Crippen molar-refractivity contribution in [2.45, 2.75) is 0 Å². The van der Waals surface area contributed by atoms with Crippen LogP contribution in [0, 0.1) is 0 Å². The molecule has 0 N–H and O–H groups in total. The Balaban J connectivity index is -0.0000000277. The molecule has 18 heavy (non-hydrogen) atoms. The molecule has 0 aliphatic heterocycles. The Morgan fingerprint density at radius 1 is 0.500 bits per heavy atom. The second kappa shape index (κ2) is 15.4. The van der Waals surface area contributed by atoms with Crippen LogP contribution < -0.4 is 62.9 Å². The van der Waals surface area contributed by atoms with E-state index in [0.717, 1.165) is 0 Å². The van der Waals surface area contributed by atoms with Crippen LogP contribution in [0.4, 0.5) is 0 Å². The molecule has 0 aromatic heterocycles. The van der Waals surface area contributed by atoms with Crippen LogP contribution in [0.25, 0.3) is 0 Å². The Kier molecular flexibility index (Phi) is 31.6. The first-order valence-corrected chi connectivity index (χ1v) is 6.57. The van der Waals surface area contributed by atoms with Crippen molar-refractivity contribution in [3.05, 3.63) is 0 Å². The largest absolute Gasteiger partial charge is 4.00 e. The van der Waals surface area contributed by atoms with Crippen LogP contribution in [0.2, 0.25) is 0 Å². The summed E-state index contributed by atoms with van der Waals surface area (Å²) in [5.74, 6) is 0. The van der Waals surface area contributed by atoms with Gasteiger partial charge in [0.2, 0.25) is 0 Å². The van der Waals surface area contributed by atoms with Gasteiger partial charge in [-0.15, -0.1) is 0 Å². The normalized spacial score (nSPS) is 9.83. The zero-order chi connectivity index (χ0) is 13.5. The molecular formula is LiO12P3SiZr. The maximum Gasteiger partial charge on any atom is 4.00 e. The van der Waals surface area contributed by atoms with Gasteiger partial charge in [-0.3, -0.25) is 0 Å². The summed E-state index contributed by atoms with van der Waals surface area (Å²) < 4.78 is 25.6. The summed E-state index contributed by atoms with van der Waals surface area (Å²) in [5.41, 5.74) is 0. The van der Waals surface area contributed by atoms with Gasteiger partial charge in [0.25, 0.3) is 0 Å². The smallest absolute Gasteiger partial charge is 0.822 e. The van der Waals surface area contributed by atoms with E-state index in [2.05, 4.69) is 0 Å². The third-order valence-corrected chi connectivity index (χ3v) is 0. The van der Waals surface area contributed by atoms with Crippen molar-refractivity contribution in [3.63, 3.8) is 0 Å². The Bertz CT molecular complexity index is 213. The number of rotatable bonds is 0. The molecule has 0 aromatic rings. The third kappa shape index (κ3) is 1270. The first kappa shape index (κ1) is 36.8. The van der Waals surface area contributed by atoms with Gasteiger partial charge in [0.05, 0.1) is 0 Å². The van der Waals surface area contributed by atoms with Crippen LogP contribution >= 0.6 is 23.5 Å². The fraction of sp³-hybridized carbons (Fsp3) is 0. The van der Waals surface area contributed by atoms with E-state index in [1.165, 1.54) is 0 Å². The Labute approximate surface area is 137 Å². The molecule has 0 heterocycles. The van der Waals surface area contributed by atoms with Crippen LogP contribution in [0.15, 0.2) is 0 Å². The number of phosphoric acid groups is 3. The molecule has 0 aliphatic rings. The molecule has 18 heteroatoms. The van der Waals surface area contributed by atoms with Crippen molar-refractivity contribution in [2.24, 2.45) is 0 Å². The molecule has 96 valence electrons. The number of hydrogen-bond acceptors (Lipinski definition) is 12. The second-order valence-electron chi connectivity index (χ2n) is 1.34. The summed E-state index contributed by atoms with van der Waals surface area (Å²) in [6, 6.07) is 0.